The van der Waals surface area contributed by atoms with Crippen molar-refractivity contribution in [3.05, 3.63) is 0 Å². The van der Waals surface area contributed by atoms with Crippen LogP contribution in [0.15, 0.2) is 0 Å². The van der Waals surface area contributed by atoms with E-state index in [1.807, 2.05) is 7.05 Å². The number of hydroxylamine groups is 1. The summed E-state index contributed by atoms with van der Waals surface area (Å²) in [6.45, 7) is 2.63. The van der Waals surface area contributed by atoms with Crippen molar-refractivity contribution in [3.63, 3.8) is 0 Å². The minimum Gasteiger partial charge on any atom is -0.315 e. The Bertz CT molecular complexity index is 98.4. The highest BCUT2D eigenvalue weighted by Crippen LogP contribution is 1.94. The van der Waals surface area contributed by atoms with Gasteiger partial charge in [-0.1, -0.05) is 13.3 Å². The first-order valence-electron chi connectivity index (χ1n) is 3.83. The molecule has 11 heavy (non-hydrogen) atoms. The summed E-state index contributed by atoms with van der Waals surface area (Å²) in [5, 5.41) is 3.08. The van der Waals surface area contributed by atoms with Crippen LogP contribution in [0.4, 0.5) is 0 Å². The second-order valence-electron chi connectivity index (χ2n) is 2.32. The number of rotatable bonds is 7. The maximum absolute atomic E-state index is 9.78. The molecule has 0 heterocycles. The van der Waals surface area contributed by atoms with Crippen molar-refractivity contribution in [2.45, 2.75) is 25.8 Å². The highest BCUT2D eigenvalue weighted by Gasteiger charge is 2.03. The fourth-order valence-electron chi connectivity index (χ4n) is 0.842. The van der Waals surface area contributed by atoms with E-state index in [1.54, 1.807) is 0 Å². The van der Waals surface area contributed by atoms with E-state index in [0.717, 1.165) is 12.8 Å². The maximum atomic E-state index is 9.78. The molecule has 0 spiro atoms. The van der Waals surface area contributed by atoms with Gasteiger partial charge >= 0.3 is 0 Å². The summed E-state index contributed by atoms with van der Waals surface area (Å²) in [5.41, 5.74) is 2.15. The van der Waals surface area contributed by atoms with Crippen molar-refractivity contribution < 1.29 is 9.63 Å². The molecule has 0 aliphatic heterocycles. The summed E-state index contributed by atoms with van der Waals surface area (Å²) in [5.74, 6) is 0. The third-order valence-corrected chi connectivity index (χ3v) is 1.46. The molecule has 0 aliphatic rings. The number of hydrogen-bond donors (Lipinski definition) is 2. The van der Waals surface area contributed by atoms with Crippen LogP contribution in [0, 0.1) is 0 Å². The van der Waals surface area contributed by atoms with E-state index in [1.165, 1.54) is 0 Å². The van der Waals surface area contributed by atoms with E-state index < -0.39 is 0 Å². The average Bonchev–Trinajstić information content (AvgIpc) is 2.03. The molecule has 0 aromatic heterocycles. The first kappa shape index (κ1) is 10.4. The van der Waals surface area contributed by atoms with Crippen molar-refractivity contribution in [1.29, 1.82) is 0 Å². The molecule has 0 aliphatic carbocycles. The zero-order chi connectivity index (χ0) is 8.53. The smallest absolute Gasteiger partial charge is 0.230 e. The van der Waals surface area contributed by atoms with E-state index in [-0.39, 0.29) is 0 Å². The van der Waals surface area contributed by atoms with Gasteiger partial charge in [-0.2, -0.15) is 0 Å². The normalized spacial score (nSPS) is 12.5. The molecule has 0 aromatic carbocycles. The van der Waals surface area contributed by atoms with Gasteiger partial charge in [0.15, 0.2) is 0 Å². The van der Waals surface area contributed by atoms with E-state index in [0.29, 0.717) is 19.1 Å². The summed E-state index contributed by atoms with van der Waals surface area (Å²) < 4.78 is 0. The third kappa shape index (κ3) is 5.82. The van der Waals surface area contributed by atoms with Gasteiger partial charge in [0, 0.05) is 6.04 Å². The molecule has 66 valence electrons. The summed E-state index contributed by atoms with van der Waals surface area (Å²) in [6.07, 6.45) is 2.69. The first-order chi connectivity index (χ1) is 5.35. The summed E-state index contributed by atoms with van der Waals surface area (Å²) in [7, 11) is 1.88. The second kappa shape index (κ2) is 7.50. The number of likely N-dealkylation sites (N-methyl/N-ethyl adjacent to an activating group) is 1. The molecule has 0 radical (unpaired) electrons. The van der Waals surface area contributed by atoms with Crippen LogP contribution in [-0.2, 0) is 9.63 Å². The van der Waals surface area contributed by atoms with Crippen LogP contribution in [0.3, 0.4) is 0 Å². The van der Waals surface area contributed by atoms with Gasteiger partial charge in [0.2, 0.25) is 6.41 Å². The molecule has 0 fully saturated rings. The zero-order valence-electron chi connectivity index (χ0n) is 7.09. The molecular formula is C7H16N2O2. The van der Waals surface area contributed by atoms with Gasteiger partial charge in [-0.25, -0.2) is 5.48 Å². The lowest BCUT2D eigenvalue weighted by molar-refractivity contribution is -0.121. The van der Waals surface area contributed by atoms with Gasteiger partial charge in [-0.3, -0.25) is 9.63 Å². The SMILES string of the molecule is CCC[C@H](CONC=O)NC. The Morgan fingerprint density at radius 3 is 2.82 bits per heavy atom. The highest BCUT2D eigenvalue weighted by atomic mass is 16.6. The molecule has 0 rings (SSSR count). The number of carbonyl (C=O) groups excluding carboxylic acids is 1. The van der Waals surface area contributed by atoms with E-state index in [9.17, 15) is 4.79 Å². The van der Waals surface area contributed by atoms with Crippen LogP contribution in [0.25, 0.3) is 0 Å². The van der Waals surface area contributed by atoms with Gasteiger partial charge in [0.25, 0.3) is 0 Å². The Labute approximate surface area is 67.3 Å². The summed E-state index contributed by atoms with van der Waals surface area (Å²) >= 11 is 0. The minimum absolute atomic E-state index is 0.326. The fourth-order valence-corrected chi connectivity index (χ4v) is 0.842. The molecule has 1 amide bonds. The largest absolute Gasteiger partial charge is 0.315 e. The minimum atomic E-state index is 0.326. The number of amides is 1. The second-order valence-corrected chi connectivity index (χ2v) is 2.32. The molecule has 0 bridgehead atoms. The molecule has 0 aromatic rings. The predicted molar refractivity (Wildman–Crippen MR) is 42.9 cm³/mol. The lowest BCUT2D eigenvalue weighted by Crippen LogP contribution is -2.32. The average molecular weight is 160 g/mol. The number of nitrogens with one attached hydrogen (secondary N) is 2. The Morgan fingerprint density at radius 2 is 2.36 bits per heavy atom. The Hall–Kier alpha value is -0.610. The molecule has 0 unspecified atom stereocenters. The predicted octanol–water partition coefficient (Wildman–Crippen LogP) is 0.0521. The van der Waals surface area contributed by atoms with Crippen molar-refractivity contribution in [2.24, 2.45) is 0 Å². The highest BCUT2D eigenvalue weighted by molar-refractivity contribution is 5.43. The zero-order valence-corrected chi connectivity index (χ0v) is 7.09. The van der Waals surface area contributed by atoms with E-state index in [4.69, 9.17) is 4.84 Å². The van der Waals surface area contributed by atoms with Gasteiger partial charge in [-0.05, 0) is 13.5 Å². The van der Waals surface area contributed by atoms with Crippen LogP contribution >= 0.6 is 0 Å². The molecule has 0 saturated carbocycles. The molecule has 4 nitrogen and oxygen atoms in total. The van der Waals surface area contributed by atoms with Crippen molar-refractivity contribution in [2.75, 3.05) is 13.7 Å². The molecule has 1 atom stereocenters. The van der Waals surface area contributed by atoms with Gasteiger partial charge in [0.05, 0.1) is 6.61 Å². The van der Waals surface area contributed by atoms with Crippen LogP contribution in [0.2, 0.25) is 0 Å². The lowest BCUT2D eigenvalue weighted by Gasteiger charge is -2.13. The topological polar surface area (TPSA) is 50.4 Å². The third-order valence-electron chi connectivity index (χ3n) is 1.46. The number of hydrogen-bond acceptors (Lipinski definition) is 3. The molecule has 4 heteroatoms. The van der Waals surface area contributed by atoms with Crippen LogP contribution in [-0.4, -0.2) is 26.1 Å². The number of carbonyl (C=O) groups is 1. The Balaban J connectivity index is 3.27. The van der Waals surface area contributed by atoms with Crippen LogP contribution in [0.1, 0.15) is 19.8 Å². The monoisotopic (exact) mass is 160 g/mol. The summed E-state index contributed by atoms with van der Waals surface area (Å²) in [6, 6.07) is 0.326. The molecule has 0 saturated heterocycles. The van der Waals surface area contributed by atoms with Gasteiger partial charge in [0.1, 0.15) is 0 Å². The summed E-state index contributed by atoms with van der Waals surface area (Å²) in [4.78, 5) is 14.6. The van der Waals surface area contributed by atoms with Crippen LogP contribution < -0.4 is 10.8 Å². The van der Waals surface area contributed by atoms with Crippen molar-refractivity contribution in [1.82, 2.24) is 10.8 Å². The Morgan fingerprint density at radius 1 is 1.64 bits per heavy atom. The van der Waals surface area contributed by atoms with Crippen molar-refractivity contribution in [3.8, 4) is 0 Å². The maximum Gasteiger partial charge on any atom is 0.230 e. The quantitative estimate of drug-likeness (QED) is 0.314. The van der Waals surface area contributed by atoms with E-state index in [2.05, 4.69) is 17.7 Å². The molecular weight excluding hydrogens is 144 g/mol. The van der Waals surface area contributed by atoms with Crippen molar-refractivity contribution >= 4 is 6.41 Å². The van der Waals surface area contributed by atoms with Crippen LogP contribution in [0.5, 0.6) is 0 Å². The fraction of sp³-hybridized carbons (Fsp3) is 0.857. The Kier molecular flexibility index (Phi) is 7.08. The van der Waals surface area contributed by atoms with E-state index >= 15 is 0 Å². The lowest BCUT2D eigenvalue weighted by atomic mass is 10.2. The van der Waals surface area contributed by atoms with Gasteiger partial charge in [-0.15, -0.1) is 0 Å². The van der Waals surface area contributed by atoms with Gasteiger partial charge < -0.3 is 5.32 Å². The molecule has 2 N–H and O–H groups in total. The first-order valence-corrected chi connectivity index (χ1v) is 3.83. The standard InChI is InChI=1S/C7H16N2O2/c1-3-4-7(8-2)5-11-9-6-10/h6-8H,3-5H2,1-2H3,(H,9,10)/t7-/m1/s1.